The average molecular weight is 370 g/mol. The molecule has 0 spiro atoms. The fraction of sp³-hybridized carbons (Fsp3) is 0.765. The average Bonchev–Trinajstić information content (AvgIpc) is 2.86. The van der Waals surface area contributed by atoms with Crippen molar-refractivity contribution >= 4 is 24.8 Å². The molecule has 1 aliphatic rings. The molecule has 5 nitrogen and oxygen atoms in total. The van der Waals surface area contributed by atoms with E-state index in [9.17, 15) is 4.21 Å². The summed E-state index contributed by atoms with van der Waals surface area (Å²) in [6.45, 7) is 14.2. The Morgan fingerprint density at radius 1 is 1.33 bits per heavy atom. The molecular formula is C17H31N3O2SSi. The topological polar surface area (TPSA) is 56.5 Å². The van der Waals surface area contributed by atoms with Crippen molar-refractivity contribution in [2.45, 2.75) is 77.2 Å². The van der Waals surface area contributed by atoms with Crippen LogP contribution in [0.5, 0.6) is 0 Å². The van der Waals surface area contributed by atoms with Gasteiger partial charge in [0.15, 0.2) is 0 Å². The highest BCUT2D eigenvalue weighted by atomic mass is 32.2. The Morgan fingerprint density at radius 3 is 2.67 bits per heavy atom. The van der Waals surface area contributed by atoms with Crippen LogP contribution < -0.4 is 0 Å². The van der Waals surface area contributed by atoms with Crippen molar-refractivity contribution in [3.63, 3.8) is 0 Å². The fourth-order valence-corrected chi connectivity index (χ4v) is 3.87. The lowest BCUT2D eigenvalue weighted by Crippen LogP contribution is -2.23. The molecule has 1 aliphatic carbocycles. The third kappa shape index (κ3) is 5.36. The van der Waals surface area contributed by atoms with Crippen LogP contribution in [0.2, 0.25) is 25.7 Å². The quantitative estimate of drug-likeness (QED) is 0.566. The summed E-state index contributed by atoms with van der Waals surface area (Å²) in [5.74, 6) is 0. The van der Waals surface area contributed by atoms with Crippen LogP contribution >= 0.6 is 0 Å². The van der Waals surface area contributed by atoms with Crippen LogP contribution in [0, 0.1) is 0 Å². The lowest BCUT2D eigenvalue weighted by atomic mass is 9.96. The van der Waals surface area contributed by atoms with E-state index in [2.05, 4.69) is 29.1 Å². The van der Waals surface area contributed by atoms with Gasteiger partial charge in [-0.15, -0.1) is 0 Å². The van der Waals surface area contributed by atoms with Crippen LogP contribution in [0.3, 0.4) is 0 Å². The van der Waals surface area contributed by atoms with Gasteiger partial charge in [0.05, 0.1) is 22.3 Å². The van der Waals surface area contributed by atoms with Gasteiger partial charge in [-0.2, -0.15) is 9.50 Å². The zero-order valence-electron chi connectivity index (χ0n) is 15.9. The smallest absolute Gasteiger partial charge is 0.145 e. The zero-order valence-corrected chi connectivity index (χ0v) is 17.7. The summed E-state index contributed by atoms with van der Waals surface area (Å²) < 4.78 is 24.3. The fourth-order valence-electron chi connectivity index (χ4n) is 2.45. The minimum absolute atomic E-state index is 0.333. The Morgan fingerprint density at radius 2 is 2.04 bits per heavy atom. The predicted octanol–water partition coefficient (Wildman–Crippen LogP) is 3.78. The Kier molecular flexibility index (Phi) is 6.20. The van der Waals surface area contributed by atoms with E-state index in [0.29, 0.717) is 6.73 Å². The van der Waals surface area contributed by atoms with Crippen molar-refractivity contribution in [2.24, 2.45) is 4.40 Å². The first-order valence-electron chi connectivity index (χ1n) is 8.70. The summed E-state index contributed by atoms with van der Waals surface area (Å²) in [6, 6.07) is 1.16. The molecule has 0 unspecified atom stereocenters. The SMILES string of the molecule is CC(C)(C)[S@@](=O)N=C1CCCc2c1cnn2COCC[Si](C)(C)C. The maximum Gasteiger partial charge on any atom is 0.145 e. The van der Waals surface area contributed by atoms with E-state index in [0.717, 1.165) is 43.2 Å². The molecular weight excluding hydrogens is 338 g/mol. The Balaban J connectivity index is 2.07. The minimum Gasteiger partial charge on any atom is -0.360 e. The van der Waals surface area contributed by atoms with Gasteiger partial charge in [-0.25, -0.2) is 8.89 Å². The van der Waals surface area contributed by atoms with Gasteiger partial charge in [0, 0.05) is 20.2 Å². The third-order valence-electron chi connectivity index (χ3n) is 4.01. The van der Waals surface area contributed by atoms with Gasteiger partial charge in [-0.1, -0.05) is 19.6 Å². The molecule has 0 N–H and O–H groups in total. The van der Waals surface area contributed by atoms with E-state index in [1.165, 1.54) is 5.69 Å². The van der Waals surface area contributed by atoms with E-state index in [1.807, 2.05) is 31.6 Å². The van der Waals surface area contributed by atoms with Crippen LogP contribution in [0.25, 0.3) is 0 Å². The van der Waals surface area contributed by atoms with Crippen molar-refractivity contribution in [3.05, 3.63) is 17.5 Å². The summed E-state index contributed by atoms with van der Waals surface area (Å²) in [5.41, 5.74) is 3.14. The highest BCUT2D eigenvalue weighted by Crippen LogP contribution is 2.24. The van der Waals surface area contributed by atoms with Gasteiger partial charge < -0.3 is 4.74 Å². The number of ether oxygens (including phenoxy) is 1. The molecule has 0 aromatic carbocycles. The van der Waals surface area contributed by atoms with Crippen molar-refractivity contribution in [3.8, 4) is 0 Å². The van der Waals surface area contributed by atoms with E-state index in [-0.39, 0.29) is 4.75 Å². The number of hydrogen-bond donors (Lipinski definition) is 0. The van der Waals surface area contributed by atoms with Gasteiger partial charge >= 0.3 is 0 Å². The van der Waals surface area contributed by atoms with E-state index in [4.69, 9.17) is 4.74 Å². The van der Waals surface area contributed by atoms with Crippen molar-refractivity contribution in [1.29, 1.82) is 0 Å². The van der Waals surface area contributed by atoms with Crippen molar-refractivity contribution in [2.75, 3.05) is 6.61 Å². The highest BCUT2D eigenvalue weighted by molar-refractivity contribution is 7.85. The highest BCUT2D eigenvalue weighted by Gasteiger charge is 2.24. The second-order valence-corrected chi connectivity index (χ2v) is 16.1. The molecule has 2 rings (SSSR count). The number of aromatic nitrogens is 2. The maximum absolute atomic E-state index is 12.3. The van der Waals surface area contributed by atoms with E-state index in [1.54, 1.807) is 0 Å². The number of hydrogen-bond acceptors (Lipinski definition) is 3. The third-order valence-corrected chi connectivity index (χ3v) is 7.15. The lowest BCUT2D eigenvalue weighted by molar-refractivity contribution is 0.0764. The molecule has 136 valence electrons. The number of rotatable bonds is 6. The Bertz CT molecular complexity index is 627. The van der Waals surface area contributed by atoms with Crippen molar-refractivity contribution < 1.29 is 8.95 Å². The summed E-state index contributed by atoms with van der Waals surface area (Å²) in [4.78, 5) is 0. The van der Waals surface area contributed by atoms with E-state index < -0.39 is 19.1 Å². The number of nitrogens with zero attached hydrogens (tertiary/aromatic N) is 3. The summed E-state index contributed by atoms with van der Waals surface area (Å²) in [6.07, 6.45) is 4.73. The van der Waals surface area contributed by atoms with Crippen LogP contribution in [0.1, 0.15) is 44.9 Å². The molecule has 7 heteroatoms. The van der Waals surface area contributed by atoms with Crippen LogP contribution in [-0.4, -0.2) is 39.1 Å². The van der Waals surface area contributed by atoms with Crippen LogP contribution in [0.4, 0.5) is 0 Å². The first-order valence-corrected chi connectivity index (χ1v) is 13.5. The van der Waals surface area contributed by atoms with Gasteiger partial charge in [0.1, 0.15) is 17.7 Å². The van der Waals surface area contributed by atoms with Gasteiger partial charge in [-0.05, 0) is 46.1 Å². The second kappa shape index (κ2) is 7.62. The molecule has 0 saturated heterocycles. The molecule has 0 radical (unpaired) electrons. The van der Waals surface area contributed by atoms with Gasteiger partial charge in [-0.3, -0.25) is 0 Å². The minimum atomic E-state index is -1.23. The Labute approximate surface area is 149 Å². The molecule has 1 heterocycles. The van der Waals surface area contributed by atoms with Gasteiger partial charge in [0.25, 0.3) is 0 Å². The molecule has 0 bridgehead atoms. The molecule has 1 atom stereocenters. The largest absolute Gasteiger partial charge is 0.360 e. The molecule has 0 aliphatic heterocycles. The predicted molar refractivity (Wildman–Crippen MR) is 104 cm³/mol. The Hall–Kier alpha value is -0.793. The molecule has 0 saturated carbocycles. The lowest BCUT2D eigenvalue weighted by Gasteiger charge is -2.19. The first kappa shape index (κ1) is 19.5. The van der Waals surface area contributed by atoms with Crippen LogP contribution in [-0.2, 0) is 28.9 Å². The molecule has 1 aromatic rings. The van der Waals surface area contributed by atoms with Crippen LogP contribution in [0.15, 0.2) is 10.6 Å². The maximum atomic E-state index is 12.3. The second-order valence-electron chi connectivity index (χ2n) is 8.61. The summed E-state index contributed by atoms with van der Waals surface area (Å²) in [5, 5.41) is 4.47. The molecule has 1 aromatic heterocycles. The van der Waals surface area contributed by atoms with Crippen molar-refractivity contribution in [1.82, 2.24) is 9.78 Å². The summed E-state index contributed by atoms with van der Waals surface area (Å²) >= 11 is 0. The first-order chi connectivity index (χ1) is 11.1. The van der Waals surface area contributed by atoms with Gasteiger partial charge in [0.2, 0.25) is 0 Å². The van der Waals surface area contributed by atoms with E-state index >= 15 is 0 Å². The molecule has 24 heavy (non-hydrogen) atoms. The standard InChI is InChI=1S/C17H31N3O2SSi/c1-17(2,3)23(21)19-15-8-7-9-16-14(15)12-18-20(16)13-22-10-11-24(4,5)6/h12H,7-11,13H2,1-6H3/t23-/m1/s1. The summed E-state index contributed by atoms with van der Waals surface area (Å²) in [7, 11) is -2.29. The molecule has 0 fully saturated rings. The normalized spacial score (nSPS) is 18.7. The number of fused-ring (bicyclic) bond motifs is 1. The molecule has 0 amide bonds. The zero-order chi connectivity index (χ0) is 18.0. The monoisotopic (exact) mass is 369 g/mol.